The number of carbonyl (C=O) groups excluding carboxylic acids is 1. The number of aromatic nitrogens is 1. The fourth-order valence-corrected chi connectivity index (χ4v) is 1.70. The van der Waals surface area contributed by atoms with E-state index in [2.05, 4.69) is 16.2 Å². The van der Waals surface area contributed by atoms with Crippen LogP contribution in [0.5, 0.6) is 0 Å². The van der Waals surface area contributed by atoms with E-state index < -0.39 is 6.04 Å². The zero-order valence-corrected chi connectivity index (χ0v) is 9.25. The SMILES string of the molecule is C#CCC(N)C(=O)NC(C)c1nccs1. The number of thiazole rings is 1. The van der Waals surface area contributed by atoms with Crippen LogP contribution in [-0.2, 0) is 4.79 Å². The van der Waals surface area contributed by atoms with E-state index in [1.54, 1.807) is 6.20 Å². The van der Waals surface area contributed by atoms with Crippen LogP contribution in [0.4, 0.5) is 0 Å². The summed E-state index contributed by atoms with van der Waals surface area (Å²) in [5.74, 6) is 2.12. The van der Waals surface area contributed by atoms with Crippen molar-refractivity contribution in [2.75, 3.05) is 0 Å². The number of nitrogens with one attached hydrogen (secondary N) is 1. The molecule has 1 heterocycles. The number of nitrogens with zero attached hydrogens (tertiary/aromatic N) is 1. The first-order chi connectivity index (χ1) is 7.15. The van der Waals surface area contributed by atoms with Gasteiger partial charge in [0.2, 0.25) is 5.91 Å². The highest BCUT2D eigenvalue weighted by Crippen LogP contribution is 2.14. The molecule has 2 atom stereocenters. The van der Waals surface area contributed by atoms with Crippen LogP contribution >= 0.6 is 11.3 Å². The van der Waals surface area contributed by atoms with Crippen molar-refractivity contribution in [1.29, 1.82) is 0 Å². The fraction of sp³-hybridized carbons (Fsp3) is 0.400. The van der Waals surface area contributed by atoms with E-state index in [4.69, 9.17) is 12.2 Å². The Balaban J connectivity index is 2.49. The molecule has 0 spiro atoms. The molecule has 0 bridgehead atoms. The molecule has 2 unspecified atom stereocenters. The molecule has 4 nitrogen and oxygen atoms in total. The van der Waals surface area contributed by atoms with Crippen LogP contribution in [-0.4, -0.2) is 16.9 Å². The first kappa shape index (κ1) is 11.7. The summed E-state index contributed by atoms with van der Waals surface area (Å²) in [6, 6.07) is -0.765. The quantitative estimate of drug-likeness (QED) is 0.737. The van der Waals surface area contributed by atoms with Crippen molar-refractivity contribution in [3.05, 3.63) is 16.6 Å². The molecule has 3 N–H and O–H groups in total. The molecular weight excluding hydrogens is 210 g/mol. The second kappa shape index (κ2) is 5.49. The predicted molar refractivity (Wildman–Crippen MR) is 60.1 cm³/mol. The van der Waals surface area contributed by atoms with Crippen LogP contribution < -0.4 is 11.1 Å². The summed E-state index contributed by atoms with van der Waals surface area (Å²) in [6.07, 6.45) is 7.02. The molecule has 0 fully saturated rings. The molecule has 1 rings (SSSR count). The van der Waals surface area contributed by atoms with Crippen LogP contribution in [0.3, 0.4) is 0 Å². The van der Waals surface area contributed by atoms with Gasteiger partial charge in [0, 0.05) is 18.0 Å². The molecule has 80 valence electrons. The molecule has 0 saturated carbocycles. The Morgan fingerprint density at radius 3 is 3.13 bits per heavy atom. The van der Waals surface area contributed by atoms with Gasteiger partial charge in [-0.15, -0.1) is 23.7 Å². The standard InChI is InChI=1S/C10H13N3OS/c1-3-4-8(11)9(14)13-7(2)10-12-5-6-15-10/h1,5-8H,4,11H2,2H3,(H,13,14). The van der Waals surface area contributed by atoms with Crippen molar-refractivity contribution in [2.45, 2.75) is 25.4 Å². The van der Waals surface area contributed by atoms with Gasteiger partial charge < -0.3 is 11.1 Å². The second-order valence-electron chi connectivity index (χ2n) is 3.12. The lowest BCUT2D eigenvalue weighted by Crippen LogP contribution is -2.41. The van der Waals surface area contributed by atoms with E-state index in [9.17, 15) is 4.79 Å². The Labute approximate surface area is 92.9 Å². The Bertz CT molecular complexity index is 355. The first-order valence-corrected chi connectivity index (χ1v) is 5.42. The van der Waals surface area contributed by atoms with Crippen LogP contribution in [0.25, 0.3) is 0 Å². The molecular formula is C10H13N3OS. The number of amides is 1. The van der Waals surface area contributed by atoms with Crippen molar-refractivity contribution < 1.29 is 4.79 Å². The maximum absolute atomic E-state index is 11.5. The topological polar surface area (TPSA) is 68.0 Å². The minimum absolute atomic E-state index is 0.124. The molecule has 0 aliphatic heterocycles. The first-order valence-electron chi connectivity index (χ1n) is 4.54. The van der Waals surface area contributed by atoms with Gasteiger partial charge in [0.25, 0.3) is 0 Å². The third kappa shape index (κ3) is 3.35. The van der Waals surface area contributed by atoms with E-state index in [1.165, 1.54) is 11.3 Å². The summed E-state index contributed by atoms with van der Waals surface area (Å²) in [5, 5.41) is 5.47. The average Bonchev–Trinajstić information content (AvgIpc) is 2.70. The van der Waals surface area contributed by atoms with E-state index in [0.717, 1.165) is 5.01 Å². The summed E-state index contributed by atoms with van der Waals surface area (Å²) < 4.78 is 0. The van der Waals surface area contributed by atoms with Gasteiger partial charge in [-0.05, 0) is 6.92 Å². The number of hydrogen-bond acceptors (Lipinski definition) is 4. The summed E-state index contributed by atoms with van der Waals surface area (Å²) >= 11 is 1.49. The molecule has 15 heavy (non-hydrogen) atoms. The Morgan fingerprint density at radius 1 is 1.87 bits per heavy atom. The van der Waals surface area contributed by atoms with Gasteiger partial charge in [-0.3, -0.25) is 4.79 Å². The highest BCUT2D eigenvalue weighted by molar-refractivity contribution is 7.09. The second-order valence-corrected chi connectivity index (χ2v) is 4.04. The lowest BCUT2D eigenvalue weighted by molar-refractivity contribution is -0.122. The average molecular weight is 223 g/mol. The van der Waals surface area contributed by atoms with E-state index in [-0.39, 0.29) is 18.4 Å². The summed E-state index contributed by atoms with van der Waals surface area (Å²) in [7, 11) is 0. The van der Waals surface area contributed by atoms with Gasteiger partial charge in [0.05, 0.1) is 12.1 Å². The van der Waals surface area contributed by atoms with E-state index in [1.807, 2.05) is 12.3 Å². The van der Waals surface area contributed by atoms with Gasteiger partial charge in [-0.2, -0.15) is 0 Å². The molecule has 5 heteroatoms. The van der Waals surface area contributed by atoms with E-state index >= 15 is 0 Å². The monoisotopic (exact) mass is 223 g/mol. The largest absolute Gasteiger partial charge is 0.346 e. The highest BCUT2D eigenvalue weighted by Gasteiger charge is 2.16. The molecule has 1 aromatic heterocycles. The van der Waals surface area contributed by atoms with E-state index in [0.29, 0.717) is 0 Å². The van der Waals surface area contributed by atoms with Crippen molar-refractivity contribution >= 4 is 17.2 Å². The van der Waals surface area contributed by atoms with Crippen molar-refractivity contribution in [2.24, 2.45) is 5.73 Å². The number of carbonyl (C=O) groups is 1. The van der Waals surface area contributed by atoms with Crippen LogP contribution in [0.1, 0.15) is 24.4 Å². The molecule has 0 aliphatic carbocycles. The summed E-state index contributed by atoms with van der Waals surface area (Å²) in [5.41, 5.74) is 5.56. The fourth-order valence-electron chi connectivity index (χ4n) is 1.05. The zero-order valence-electron chi connectivity index (χ0n) is 8.43. The van der Waals surface area contributed by atoms with Crippen LogP contribution in [0.2, 0.25) is 0 Å². The number of terminal acetylenes is 1. The van der Waals surface area contributed by atoms with Gasteiger partial charge in [0.1, 0.15) is 5.01 Å². The maximum Gasteiger partial charge on any atom is 0.238 e. The van der Waals surface area contributed by atoms with Gasteiger partial charge in [-0.1, -0.05) is 0 Å². The van der Waals surface area contributed by atoms with Gasteiger partial charge in [0.15, 0.2) is 0 Å². The smallest absolute Gasteiger partial charge is 0.238 e. The third-order valence-corrected chi connectivity index (χ3v) is 2.81. The maximum atomic E-state index is 11.5. The molecule has 1 aromatic rings. The lowest BCUT2D eigenvalue weighted by atomic mass is 10.2. The minimum atomic E-state index is -0.641. The lowest BCUT2D eigenvalue weighted by Gasteiger charge is -2.14. The van der Waals surface area contributed by atoms with Crippen molar-refractivity contribution in [1.82, 2.24) is 10.3 Å². The summed E-state index contributed by atoms with van der Waals surface area (Å²) in [6.45, 7) is 1.86. The van der Waals surface area contributed by atoms with Gasteiger partial charge in [-0.25, -0.2) is 4.98 Å². The van der Waals surface area contributed by atoms with Gasteiger partial charge >= 0.3 is 0 Å². The number of hydrogen-bond donors (Lipinski definition) is 2. The van der Waals surface area contributed by atoms with Crippen molar-refractivity contribution in [3.8, 4) is 12.3 Å². The Morgan fingerprint density at radius 2 is 2.60 bits per heavy atom. The summed E-state index contributed by atoms with van der Waals surface area (Å²) in [4.78, 5) is 15.6. The predicted octanol–water partition coefficient (Wildman–Crippen LogP) is 0.671. The molecule has 0 aliphatic rings. The third-order valence-electron chi connectivity index (χ3n) is 1.86. The highest BCUT2D eigenvalue weighted by atomic mass is 32.1. The Hall–Kier alpha value is -1.38. The molecule has 0 aromatic carbocycles. The minimum Gasteiger partial charge on any atom is -0.346 e. The zero-order chi connectivity index (χ0) is 11.3. The normalized spacial score (nSPS) is 13.9. The number of rotatable bonds is 4. The molecule has 0 radical (unpaired) electrons. The molecule has 0 saturated heterocycles. The van der Waals surface area contributed by atoms with Crippen LogP contribution in [0.15, 0.2) is 11.6 Å². The number of nitrogens with two attached hydrogens (primary N) is 1. The Kier molecular flexibility index (Phi) is 4.28. The van der Waals surface area contributed by atoms with Crippen molar-refractivity contribution in [3.63, 3.8) is 0 Å². The molecule has 1 amide bonds. The van der Waals surface area contributed by atoms with Crippen LogP contribution in [0, 0.1) is 12.3 Å².